The van der Waals surface area contributed by atoms with Gasteiger partial charge in [0, 0.05) is 13.0 Å². The van der Waals surface area contributed by atoms with Crippen molar-refractivity contribution < 1.29 is 14.3 Å². The lowest BCUT2D eigenvalue weighted by atomic mass is 9.98. The number of hydrogen-bond donors (Lipinski definition) is 2. The van der Waals surface area contributed by atoms with Gasteiger partial charge in [0.05, 0.1) is 16.2 Å². The second kappa shape index (κ2) is 6.56. The van der Waals surface area contributed by atoms with Crippen LogP contribution in [0, 0.1) is 5.82 Å². The first kappa shape index (κ1) is 15.9. The highest BCUT2D eigenvalue weighted by atomic mass is 35.5. The molecule has 6 heteroatoms. The Hall–Kier alpha value is -1.43. The fraction of sp³-hybridized carbons (Fsp3) is 0.267. The molecule has 2 aromatic rings. The van der Waals surface area contributed by atoms with Crippen LogP contribution < -0.4 is 5.32 Å². The summed E-state index contributed by atoms with van der Waals surface area (Å²) in [6, 6.07) is 5.96. The monoisotopic (exact) mass is 327 g/mol. The topological polar surface area (TPSA) is 49.3 Å². The van der Waals surface area contributed by atoms with Gasteiger partial charge in [0.15, 0.2) is 0 Å². The molecule has 0 aliphatic heterocycles. The van der Waals surface area contributed by atoms with Crippen LogP contribution in [0.5, 0.6) is 0 Å². The van der Waals surface area contributed by atoms with Crippen LogP contribution in [0.25, 0.3) is 0 Å². The van der Waals surface area contributed by atoms with Crippen molar-refractivity contribution in [3.63, 3.8) is 0 Å². The normalized spacial score (nSPS) is 13.7. The van der Waals surface area contributed by atoms with Crippen LogP contribution >= 0.6 is 22.9 Å². The minimum Gasteiger partial charge on any atom is -0.388 e. The van der Waals surface area contributed by atoms with E-state index in [1.807, 2.05) is 16.8 Å². The fourth-order valence-electron chi connectivity index (χ4n) is 1.97. The van der Waals surface area contributed by atoms with Crippen LogP contribution in [0.2, 0.25) is 5.02 Å². The molecule has 0 bridgehead atoms. The molecule has 0 saturated carbocycles. The van der Waals surface area contributed by atoms with E-state index in [1.54, 1.807) is 6.92 Å². The first-order chi connectivity index (χ1) is 9.89. The Bertz CT molecular complexity index is 608. The lowest BCUT2D eigenvalue weighted by Gasteiger charge is -2.23. The average molecular weight is 328 g/mol. The van der Waals surface area contributed by atoms with Gasteiger partial charge in [-0.1, -0.05) is 17.7 Å². The Morgan fingerprint density at radius 2 is 2.24 bits per heavy atom. The van der Waals surface area contributed by atoms with E-state index < -0.39 is 17.3 Å². The average Bonchev–Trinajstić information content (AvgIpc) is 2.88. The Morgan fingerprint density at radius 3 is 2.86 bits per heavy atom. The Labute approximate surface area is 131 Å². The predicted octanol–water partition coefficient (Wildman–Crippen LogP) is 3.26. The molecule has 112 valence electrons. The second-order valence-corrected chi connectivity index (χ2v) is 6.27. The summed E-state index contributed by atoms with van der Waals surface area (Å²) in [5.41, 5.74) is -0.331. The maximum atomic E-state index is 13.6. The van der Waals surface area contributed by atoms with Gasteiger partial charge in [0.1, 0.15) is 5.82 Å². The molecular weight excluding hydrogens is 313 g/mol. The van der Waals surface area contributed by atoms with Gasteiger partial charge < -0.3 is 10.4 Å². The van der Waals surface area contributed by atoms with Crippen LogP contribution in [0.3, 0.4) is 0 Å². The standard InChI is InChI=1S/C15H15ClFNO2S/c1-15(20,7-10-5-6-21-8-10)9-18-14(19)13-11(16)3-2-4-12(13)17/h2-6,8,20H,7,9H2,1H3,(H,18,19). The van der Waals surface area contributed by atoms with Crippen molar-refractivity contribution in [3.8, 4) is 0 Å². The number of carbonyl (C=O) groups excluding carboxylic acids is 1. The highest BCUT2D eigenvalue weighted by molar-refractivity contribution is 7.07. The molecule has 1 atom stereocenters. The lowest BCUT2D eigenvalue weighted by Crippen LogP contribution is -2.42. The molecule has 0 saturated heterocycles. The van der Waals surface area contributed by atoms with Crippen molar-refractivity contribution in [1.29, 1.82) is 0 Å². The van der Waals surface area contributed by atoms with E-state index in [9.17, 15) is 14.3 Å². The van der Waals surface area contributed by atoms with E-state index in [4.69, 9.17) is 11.6 Å². The van der Waals surface area contributed by atoms with E-state index >= 15 is 0 Å². The zero-order valence-corrected chi connectivity index (χ0v) is 13.0. The highest BCUT2D eigenvalue weighted by Crippen LogP contribution is 2.19. The van der Waals surface area contributed by atoms with E-state index in [2.05, 4.69) is 5.32 Å². The largest absolute Gasteiger partial charge is 0.388 e. The summed E-state index contributed by atoms with van der Waals surface area (Å²) in [5, 5.41) is 16.7. The number of amides is 1. The molecule has 3 nitrogen and oxygen atoms in total. The zero-order chi connectivity index (χ0) is 15.5. The van der Waals surface area contributed by atoms with Crippen molar-refractivity contribution in [3.05, 3.63) is 57.0 Å². The van der Waals surface area contributed by atoms with Crippen molar-refractivity contribution in [2.75, 3.05) is 6.54 Å². The van der Waals surface area contributed by atoms with Gasteiger partial charge in [-0.25, -0.2) is 4.39 Å². The third-order valence-corrected chi connectivity index (χ3v) is 4.03. The molecule has 1 unspecified atom stereocenters. The molecule has 0 aliphatic carbocycles. The molecular formula is C15H15ClFNO2S. The molecule has 0 fully saturated rings. The number of nitrogens with one attached hydrogen (secondary N) is 1. The smallest absolute Gasteiger partial charge is 0.255 e. The van der Waals surface area contributed by atoms with Crippen LogP contribution in [0.15, 0.2) is 35.0 Å². The molecule has 1 aromatic carbocycles. The lowest BCUT2D eigenvalue weighted by molar-refractivity contribution is 0.0552. The number of thiophene rings is 1. The van der Waals surface area contributed by atoms with Crippen molar-refractivity contribution >= 4 is 28.8 Å². The summed E-state index contributed by atoms with van der Waals surface area (Å²) in [6.45, 7) is 1.63. The summed E-state index contributed by atoms with van der Waals surface area (Å²) < 4.78 is 13.6. The van der Waals surface area contributed by atoms with E-state index in [0.717, 1.165) is 5.56 Å². The number of benzene rings is 1. The van der Waals surface area contributed by atoms with Gasteiger partial charge in [-0.05, 0) is 41.4 Å². The van der Waals surface area contributed by atoms with Crippen LogP contribution in [-0.4, -0.2) is 23.2 Å². The maximum Gasteiger partial charge on any atom is 0.255 e. The number of rotatable bonds is 5. The van der Waals surface area contributed by atoms with Gasteiger partial charge in [0.2, 0.25) is 0 Å². The Morgan fingerprint density at radius 1 is 1.48 bits per heavy atom. The predicted molar refractivity (Wildman–Crippen MR) is 82.4 cm³/mol. The summed E-state index contributed by atoms with van der Waals surface area (Å²) in [7, 11) is 0. The van der Waals surface area contributed by atoms with Gasteiger partial charge in [-0.15, -0.1) is 0 Å². The molecule has 2 rings (SSSR count). The van der Waals surface area contributed by atoms with Gasteiger partial charge >= 0.3 is 0 Å². The van der Waals surface area contributed by atoms with Crippen LogP contribution in [-0.2, 0) is 6.42 Å². The summed E-state index contributed by atoms with van der Waals surface area (Å²) >= 11 is 7.37. The van der Waals surface area contributed by atoms with E-state index in [1.165, 1.54) is 29.5 Å². The molecule has 0 spiro atoms. The van der Waals surface area contributed by atoms with Crippen LogP contribution in [0.1, 0.15) is 22.8 Å². The number of carbonyl (C=O) groups is 1. The minimum atomic E-state index is -1.12. The van der Waals surface area contributed by atoms with Crippen molar-refractivity contribution in [2.24, 2.45) is 0 Å². The molecule has 0 radical (unpaired) electrons. The summed E-state index contributed by atoms with van der Waals surface area (Å²) in [6.07, 6.45) is 0.405. The third kappa shape index (κ3) is 4.27. The van der Waals surface area contributed by atoms with Gasteiger partial charge in [0.25, 0.3) is 5.91 Å². The number of hydrogen-bond acceptors (Lipinski definition) is 3. The quantitative estimate of drug-likeness (QED) is 0.885. The first-order valence-corrected chi connectivity index (χ1v) is 7.67. The van der Waals surface area contributed by atoms with Crippen molar-refractivity contribution in [1.82, 2.24) is 5.32 Å². The maximum absolute atomic E-state index is 13.6. The molecule has 21 heavy (non-hydrogen) atoms. The Balaban J connectivity index is 2.00. The SMILES string of the molecule is CC(O)(CNC(=O)c1c(F)cccc1Cl)Cc1ccsc1. The van der Waals surface area contributed by atoms with E-state index in [0.29, 0.717) is 6.42 Å². The molecule has 1 amide bonds. The van der Waals surface area contributed by atoms with Gasteiger partial charge in [-0.2, -0.15) is 11.3 Å². The Kier molecular flexibility index (Phi) is 4.98. The molecule has 0 aliphatic rings. The molecule has 1 aromatic heterocycles. The number of halogens is 2. The third-order valence-electron chi connectivity index (χ3n) is 2.98. The highest BCUT2D eigenvalue weighted by Gasteiger charge is 2.24. The molecule has 2 N–H and O–H groups in total. The fourth-order valence-corrected chi connectivity index (χ4v) is 2.89. The van der Waals surface area contributed by atoms with Crippen LogP contribution in [0.4, 0.5) is 4.39 Å². The molecule has 1 heterocycles. The summed E-state index contributed by atoms with van der Waals surface area (Å²) in [4.78, 5) is 12.0. The second-order valence-electron chi connectivity index (χ2n) is 5.08. The summed E-state index contributed by atoms with van der Waals surface area (Å²) in [5.74, 6) is -1.32. The minimum absolute atomic E-state index is 0.00629. The number of aliphatic hydroxyl groups is 1. The zero-order valence-electron chi connectivity index (χ0n) is 11.4. The first-order valence-electron chi connectivity index (χ1n) is 6.35. The van der Waals surface area contributed by atoms with Crippen molar-refractivity contribution in [2.45, 2.75) is 18.9 Å². The van der Waals surface area contributed by atoms with E-state index in [-0.39, 0.29) is 17.1 Å². The van der Waals surface area contributed by atoms with Gasteiger partial charge in [-0.3, -0.25) is 4.79 Å².